The molecule has 2 N–H and O–H groups in total. The van der Waals surface area contributed by atoms with E-state index in [-0.39, 0.29) is 6.04 Å². The maximum absolute atomic E-state index is 13.1. The van der Waals surface area contributed by atoms with Crippen molar-refractivity contribution in [2.75, 3.05) is 60.4 Å². The normalized spacial score (nSPS) is 31.2. The first-order valence-corrected chi connectivity index (χ1v) is 16.4. The third-order valence-corrected chi connectivity index (χ3v) is 10.9. The van der Waals surface area contributed by atoms with Crippen LogP contribution in [0.4, 0.5) is 27.8 Å². The van der Waals surface area contributed by atoms with Gasteiger partial charge in [0.25, 0.3) is 0 Å². The number of hydrogen-bond donors (Lipinski definition) is 2. The summed E-state index contributed by atoms with van der Waals surface area (Å²) < 4.78 is 25.1. The third kappa shape index (κ3) is 5.08. The van der Waals surface area contributed by atoms with Crippen LogP contribution >= 0.6 is 0 Å². The van der Waals surface area contributed by atoms with Crippen molar-refractivity contribution in [3.63, 3.8) is 0 Å². The van der Waals surface area contributed by atoms with E-state index in [1.54, 1.807) is 5.06 Å². The minimum atomic E-state index is -3.19. The van der Waals surface area contributed by atoms with Crippen molar-refractivity contribution in [3.05, 3.63) is 36.4 Å². The Hall–Kier alpha value is -3.16. The number of nitrogens with one attached hydrogen (secondary N) is 1. The molecule has 8 rings (SSSR count). The number of nitrogens with zero attached hydrogens (tertiary/aromatic N) is 6. The lowest BCUT2D eigenvalue weighted by molar-refractivity contribution is -0.137. The van der Waals surface area contributed by atoms with Crippen molar-refractivity contribution in [2.24, 2.45) is 17.8 Å². The Balaban J connectivity index is 1.01. The molecule has 41 heavy (non-hydrogen) atoms. The summed E-state index contributed by atoms with van der Waals surface area (Å²) in [6.45, 7) is 2.99. The molecule has 1 aromatic heterocycles. The van der Waals surface area contributed by atoms with Gasteiger partial charge in [0.1, 0.15) is 0 Å². The van der Waals surface area contributed by atoms with Crippen molar-refractivity contribution in [1.82, 2.24) is 19.8 Å². The zero-order valence-electron chi connectivity index (χ0n) is 23.2. The second-order valence-corrected chi connectivity index (χ2v) is 14.4. The van der Waals surface area contributed by atoms with E-state index in [0.717, 1.165) is 43.5 Å². The average molecular weight is 584 g/mol. The molecule has 2 aromatic rings. The molecule has 220 valence electrons. The first kappa shape index (κ1) is 26.7. The summed E-state index contributed by atoms with van der Waals surface area (Å²) in [6, 6.07) is 11.7. The van der Waals surface area contributed by atoms with Gasteiger partial charge in [-0.3, -0.25) is 0 Å². The van der Waals surface area contributed by atoms with Gasteiger partial charge in [-0.15, -0.1) is 10.2 Å². The van der Waals surface area contributed by atoms with Gasteiger partial charge in [-0.25, -0.2) is 18.3 Å². The molecule has 13 heteroatoms. The Labute approximate surface area is 240 Å². The average Bonchev–Trinajstić information content (AvgIpc) is 2.94. The predicted octanol–water partition coefficient (Wildman–Crippen LogP) is 2.10. The minimum Gasteiger partial charge on any atom is -0.390 e. The Morgan fingerprint density at radius 1 is 0.927 bits per heavy atom. The Morgan fingerprint density at radius 3 is 2.22 bits per heavy atom. The molecule has 2 aliphatic heterocycles. The number of carbonyl (C=O) groups is 1. The number of amides is 1. The maximum Gasteiger partial charge on any atom is 0.431 e. The second kappa shape index (κ2) is 9.99. The lowest BCUT2D eigenvalue weighted by atomic mass is 9.52. The topological polar surface area (TPSA) is 131 Å². The van der Waals surface area contributed by atoms with Gasteiger partial charge in [0.05, 0.1) is 29.8 Å². The molecule has 0 spiro atoms. The number of hydroxylamine groups is 1. The predicted molar refractivity (Wildman–Crippen MR) is 153 cm³/mol. The summed E-state index contributed by atoms with van der Waals surface area (Å²) in [4.78, 5) is 23.1. The van der Waals surface area contributed by atoms with E-state index in [4.69, 9.17) is 4.84 Å². The minimum absolute atomic E-state index is 0.0546. The molecule has 0 radical (unpaired) electrons. The molecule has 5 fully saturated rings. The van der Waals surface area contributed by atoms with Crippen LogP contribution in [0.2, 0.25) is 0 Å². The molecule has 4 saturated carbocycles. The van der Waals surface area contributed by atoms with Crippen LogP contribution in [0, 0.1) is 17.8 Å². The van der Waals surface area contributed by atoms with E-state index in [1.165, 1.54) is 10.6 Å². The number of para-hydroxylation sites is 2. The molecule has 3 unspecified atom stereocenters. The van der Waals surface area contributed by atoms with Crippen LogP contribution < -0.4 is 20.2 Å². The number of hydrogen-bond acceptors (Lipinski definition) is 10. The molecule has 3 heterocycles. The summed E-state index contributed by atoms with van der Waals surface area (Å²) in [5, 5.41) is 24.6. The number of benzene rings is 1. The van der Waals surface area contributed by atoms with Crippen LogP contribution in [0.1, 0.15) is 32.1 Å². The number of sulfonamides is 1. The number of rotatable bonds is 5. The van der Waals surface area contributed by atoms with Gasteiger partial charge in [0, 0.05) is 38.8 Å². The van der Waals surface area contributed by atoms with Crippen LogP contribution in [-0.4, -0.2) is 91.3 Å². The van der Waals surface area contributed by atoms with Gasteiger partial charge in [-0.2, -0.15) is 4.31 Å². The molecule has 5 atom stereocenters. The summed E-state index contributed by atoms with van der Waals surface area (Å²) in [5.41, 5.74) is 1.10. The number of aliphatic hydroxyl groups is 1. The van der Waals surface area contributed by atoms with E-state index < -0.39 is 21.7 Å². The highest BCUT2D eigenvalue weighted by molar-refractivity contribution is 7.88. The highest BCUT2D eigenvalue weighted by Crippen LogP contribution is 2.55. The molecule has 1 amide bonds. The van der Waals surface area contributed by atoms with Crippen molar-refractivity contribution in [3.8, 4) is 0 Å². The highest BCUT2D eigenvalue weighted by atomic mass is 32.2. The van der Waals surface area contributed by atoms with Crippen molar-refractivity contribution >= 4 is 39.1 Å². The monoisotopic (exact) mass is 583 g/mol. The van der Waals surface area contributed by atoms with Crippen LogP contribution in [0.15, 0.2) is 36.4 Å². The van der Waals surface area contributed by atoms with E-state index in [9.17, 15) is 18.3 Å². The van der Waals surface area contributed by atoms with Crippen LogP contribution in [0.3, 0.4) is 0 Å². The number of carbonyl (C=O) groups excluding carboxylic acids is 1. The van der Waals surface area contributed by atoms with Gasteiger partial charge >= 0.3 is 6.09 Å². The summed E-state index contributed by atoms with van der Waals surface area (Å²) in [5.74, 6) is 2.60. The lowest BCUT2D eigenvalue weighted by Gasteiger charge is -2.57. The van der Waals surface area contributed by atoms with Gasteiger partial charge in [-0.05, 0) is 74.1 Å². The maximum atomic E-state index is 13.1. The SMILES string of the molecule is CS(=O)(=O)N1CCN(c2ccc(N3CCN(OC(=O)NC4[C@@H]5CC6C[C@H]4CC(O)(C6)C5)c4ccccc43)nn2)CC1. The van der Waals surface area contributed by atoms with Crippen LogP contribution in [0.5, 0.6) is 0 Å². The first-order valence-electron chi connectivity index (χ1n) is 14.5. The number of piperazine rings is 1. The number of anilines is 4. The van der Waals surface area contributed by atoms with Gasteiger partial charge < -0.3 is 25.1 Å². The fourth-order valence-electron chi connectivity index (χ4n) is 8.03. The molecule has 4 bridgehead atoms. The first-order chi connectivity index (χ1) is 19.6. The zero-order valence-corrected chi connectivity index (χ0v) is 24.0. The Kier molecular flexibility index (Phi) is 6.51. The highest BCUT2D eigenvalue weighted by Gasteiger charge is 2.55. The Morgan fingerprint density at radius 2 is 1.59 bits per heavy atom. The molecule has 12 nitrogen and oxygen atoms in total. The number of fused-ring (bicyclic) bond motifs is 1. The van der Waals surface area contributed by atoms with E-state index >= 15 is 0 Å². The van der Waals surface area contributed by atoms with Crippen molar-refractivity contribution in [1.29, 1.82) is 0 Å². The van der Waals surface area contributed by atoms with Crippen molar-refractivity contribution in [2.45, 2.75) is 43.7 Å². The fourth-order valence-corrected chi connectivity index (χ4v) is 8.85. The van der Waals surface area contributed by atoms with Gasteiger partial charge in [0.15, 0.2) is 11.6 Å². The lowest BCUT2D eigenvalue weighted by Crippen LogP contribution is -2.62. The van der Waals surface area contributed by atoms with E-state index in [1.807, 2.05) is 41.3 Å². The van der Waals surface area contributed by atoms with Gasteiger partial charge in [0.2, 0.25) is 10.0 Å². The quantitative estimate of drug-likeness (QED) is 0.540. The van der Waals surface area contributed by atoms with Crippen molar-refractivity contribution < 1.29 is 23.2 Å². The fraction of sp³-hybridized carbons (Fsp3) is 0.607. The Bertz CT molecular complexity index is 1400. The molecule has 1 aromatic carbocycles. The zero-order chi connectivity index (χ0) is 28.4. The largest absolute Gasteiger partial charge is 0.431 e. The van der Waals surface area contributed by atoms with E-state index in [0.29, 0.717) is 68.7 Å². The summed E-state index contributed by atoms with van der Waals surface area (Å²) in [7, 11) is -3.19. The second-order valence-electron chi connectivity index (χ2n) is 12.4. The smallest absolute Gasteiger partial charge is 0.390 e. The molecule has 6 aliphatic rings. The van der Waals surface area contributed by atoms with Crippen LogP contribution in [-0.2, 0) is 14.9 Å². The summed E-state index contributed by atoms with van der Waals surface area (Å²) >= 11 is 0. The van der Waals surface area contributed by atoms with Crippen LogP contribution in [0.25, 0.3) is 0 Å². The molecular formula is C28H37N7O5S. The summed E-state index contributed by atoms with van der Waals surface area (Å²) in [6.07, 6.45) is 5.38. The molecule has 1 saturated heterocycles. The number of aromatic nitrogens is 2. The molecule has 4 aliphatic carbocycles. The van der Waals surface area contributed by atoms with Gasteiger partial charge in [-0.1, -0.05) is 12.1 Å². The standard InChI is InChI=1S/C28H37N7O5S/c1-41(38,39)33-10-8-32(9-11-33)24-6-7-25(31-30-24)34-12-13-35(23-5-3-2-4-22(23)34)40-27(36)29-26-20-14-19-15-21(26)18-28(37,16-19)17-20/h2-7,19-21,26,37H,8-18H2,1H3,(H,29,36)/t19?,20-,21+,26?,28?. The van der Waals surface area contributed by atoms with E-state index in [2.05, 4.69) is 20.4 Å². The third-order valence-electron chi connectivity index (χ3n) is 9.63. The molecular weight excluding hydrogens is 546 g/mol.